The number of carbonyl (C=O) groups excluding carboxylic acids is 2. The van der Waals surface area contributed by atoms with Crippen LogP contribution in [0.5, 0.6) is 0 Å². The minimum Gasteiger partial charge on any atom is -0.427 e. The van der Waals surface area contributed by atoms with E-state index in [1.807, 2.05) is 37.5 Å². The van der Waals surface area contributed by atoms with Gasteiger partial charge in [0.25, 0.3) is 5.91 Å². The van der Waals surface area contributed by atoms with Crippen LogP contribution in [0.1, 0.15) is 57.7 Å². The van der Waals surface area contributed by atoms with Gasteiger partial charge in [0.05, 0.1) is 31.4 Å². The van der Waals surface area contributed by atoms with E-state index < -0.39 is 23.7 Å². The first-order chi connectivity index (χ1) is 15.8. The smallest absolute Gasteiger partial charge is 0.427 e. The molecule has 1 amide bonds. The highest BCUT2D eigenvalue weighted by Crippen LogP contribution is 2.28. The first kappa shape index (κ1) is 26.0. The van der Waals surface area contributed by atoms with Crippen LogP contribution in [-0.4, -0.2) is 56.6 Å². The topological polar surface area (TPSA) is 106 Å². The van der Waals surface area contributed by atoms with Gasteiger partial charge in [-0.25, -0.2) is 9.78 Å². The molecule has 0 radical (unpaired) electrons. The largest absolute Gasteiger partial charge is 0.528 e. The molecule has 0 saturated heterocycles. The highest BCUT2D eigenvalue weighted by Gasteiger charge is 2.33. The van der Waals surface area contributed by atoms with Crippen LogP contribution in [0.2, 0.25) is 5.02 Å². The number of hydrogen-bond donors (Lipinski definition) is 2. The number of nitrogens with zero attached hydrogens (tertiary/aromatic N) is 3. The van der Waals surface area contributed by atoms with E-state index >= 15 is 0 Å². The number of rotatable bonds is 5. The van der Waals surface area contributed by atoms with Crippen molar-refractivity contribution in [3.05, 3.63) is 40.7 Å². The molecule has 1 aliphatic heterocycles. The average molecular weight is 493 g/mol. The lowest BCUT2D eigenvalue weighted by atomic mass is 9.87. The summed E-state index contributed by atoms with van der Waals surface area (Å²) in [5.74, 6) is 0.210. The van der Waals surface area contributed by atoms with Crippen molar-refractivity contribution in [3.8, 4) is 11.4 Å². The van der Waals surface area contributed by atoms with Crippen molar-refractivity contribution in [2.75, 3.05) is 13.2 Å². The third-order valence-corrected chi connectivity index (χ3v) is 5.67. The molecule has 0 saturated carbocycles. The predicted octanol–water partition coefficient (Wildman–Crippen LogP) is 4.02. The zero-order valence-electron chi connectivity index (χ0n) is 20.5. The Hall–Kier alpha value is -2.62. The molecule has 3 rings (SSSR count). The second-order valence-electron chi connectivity index (χ2n) is 10.4. The monoisotopic (exact) mass is 492 g/mol. The molecule has 1 atom stereocenters. The highest BCUT2D eigenvalue weighted by atomic mass is 35.5. The number of halogens is 1. The molecule has 1 aliphatic rings. The van der Waals surface area contributed by atoms with Gasteiger partial charge in [0, 0.05) is 17.1 Å². The van der Waals surface area contributed by atoms with Gasteiger partial charge in [-0.05, 0) is 50.5 Å². The van der Waals surface area contributed by atoms with Crippen molar-refractivity contribution >= 4 is 23.7 Å². The fourth-order valence-corrected chi connectivity index (χ4v) is 3.69. The van der Waals surface area contributed by atoms with E-state index in [2.05, 4.69) is 10.3 Å². The zero-order valence-corrected chi connectivity index (χ0v) is 21.3. The fraction of sp³-hybridized carbons (Fsp3) is 0.542. The quantitative estimate of drug-likeness (QED) is 0.607. The van der Waals surface area contributed by atoms with Gasteiger partial charge in [0.15, 0.2) is 5.69 Å². The Bertz CT molecular complexity index is 1040. The van der Waals surface area contributed by atoms with E-state index in [4.69, 9.17) is 21.2 Å². The minimum atomic E-state index is -0.808. The number of aliphatic hydroxyl groups excluding tert-OH is 1. The van der Waals surface area contributed by atoms with Crippen molar-refractivity contribution < 1.29 is 24.3 Å². The van der Waals surface area contributed by atoms with Gasteiger partial charge < -0.3 is 24.6 Å². The second-order valence-corrected chi connectivity index (χ2v) is 10.8. The van der Waals surface area contributed by atoms with Crippen LogP contribution in [0, 0.1) is 5.41 Å². The first-order valence-electron chi connectivity index (χ1n) is 11.2. The number of ether oxygens (including phenoxy) is 1. The normalized spacial score (nSPS) is 15.4. The lowest BCUT2D eigenvalue weighted by Crippen LogP contribution is -2.46. The van der Waals surface area contributed by atoms with Gasteiger partial charge in [-0.3, -0.25) is 4.79 Å². The van der Waals surface area contributed by atoms with Crippen LogP contribution in [0.15, 0.2) is 24.3 Å². The molecule has 10 heteroatoms. The van der Waals surface area contributed by atoms with Gasteiger partial charge in [0.1, 0.15) is 11.4 Å². The highest BCUT2D eigenvalue weighted by molar-refractivity contribution is 6.30. The number of amides is 1. The van der Waals surface area contributed by atoms with E-state index in [0.717, 1.165) is 5.56 Å². The van der Waals surface area contributed by atoms with Gasteiger partial charge >= 0.3 is 6.16 Å². The molecule has 9 nitrogen and oxygen atoms in total. The minimum absolute atomic E-state index is 0.155. The predicted molar refractivity (Wildman–Crippen MR) is 128 cm³/mol. The Kier molecular flexibility index (Phi) is 7.59. The molecule has 2 heterocycles. The van der Waals surface area contributed by atoms with E-state index in [1.165, 1.54) is 5.06 Å². The Labute approximate surface area is 205 Å². The number of imidazole rings is 1. The Morgan fingerprint density at radius 3 is 2.35 bits per heavy atom. The SMILES string of the molecule is CC(C)(C)OC(=O)ON1CCn2c(-c3ccc(Cl)cc3)nc(C(=O)N[C@H](CO)C(C)(C)C)c2C1. The van der Waals surface area contributed by atoms with Crippen LogP contribution in [0.25, 0.3) is 11.4 Å². The molecule has 2 aromatic rings. The maximum Gasteiger partial charge on any atom is 0.528 e. The number of benzene rings is 1. The molecule has 2 N–H and O–H groups in total. The number of hydroxylamine groups is 2. The van der Waals surface area contributed by atoms with Gasteiger partial charge in [-0.15, -0.1) is 5.06 Å². The summed E-state index contributed by atoms with van der Waals surface area (Å²) < 4.78 is 7.19. The number of fused-ring (bicyclic) bond motifs is 1. The van der Waals surface area contributed by atoms with E-state index in [0.29, 0.717) is 29.6 Å². The molecular formula is C24H33ClN4O5. The fourth-order valence-electron chi connectivity index (χ4n) is 3.56. The van der Waals surface area contributed by atoms with Crippen LogP contribution in [0.3, 0.4) is 0 Å². The average Bonchev–Trinajstić information content (AvgIpc) is 3.09. The summed E-state index contributed by atoms with van der Waals surface area (Å²) in [5.41, 5.74) is 0.580. The van der Waals surface area contributed by atoms with Crippen molar-refractivity contribution in [1.29, 1.82) is 0 Å². The summed E-state index contributed by atoms with van der Waals surface area (Å²) >= 11 is 6.05. The Morgan fingerprint density at radius 2 is 1.79 bits per heavy atom. The summed E-state index contributed by atoms with van der Waals surface area (Å²) in [4.78, 5) is 35.5. The molecule has 1 aromatic heterocycles. The molecule has 1 aromatic carbocycles. The number of aromatic nitrogens is 2. The summed E-state index contributed by atoms with van der Waals surface area (Å²) in [6.07, 6.45) is -0.808. The summed E-state index contributed by atoms with van der Waals surface area (Å²) in [5, 5.41) is 14.8. The van der Waals surface area contributed by atoms with Crippen LogP contribution < -0.4 is 5.32 Å². The third-order valence-electron chi connectivity index (χ3n) is 5.42. The van der Waals surface area contributed by atoms with Crippen molar-refractivity contribution in [2.24, 2.45) is 5.41 Å². The lowest BCUT2D eigenvalue weighted by Gasteiger charge is -2.30. The van der Waals surface area contributed by atoms with Crippen molar-refractivity contribution in [3.63, 3.8) is 0 Å². The second kappa shape index (κ2) is 9.93. The maximum atomic E-state index is 13.3. The standard InChI is InChI=1S/C24H33ClN4O5/c1-23(2,3)18(14-30)26-21(31)19-17-13-28(34-22(32)33-24(4,5)6)11-12-29(17)20(27-19)15-7-9-16(25)10-8-15/h7-10,18,30H,11-14H2,1-6H3,(H,26,31)/t18-/m1/s1. The molecule has 0 spiro atoms. The zero-order chi connectivity index (χ0) is 25.3. The molecule has 0 aliphatic carbocycles. The lowest BCUT2D eigenvalue weighted by molar-refractivity contribution is -0.155. The number of nitrogens with one attached hydrogen (secondary N) is 1. The summed E-state index contributed by atoms with van der Waals surface area (Å²) in [7, 11) is 0. The maximum absolute atomic E-state index is 13.3. The van der Waals surface area contributed by atoms with Crippen LogP contribution in [-0.2, 0) is 22.7 Å². The number of hydrogen-bond acceptors (Lipinski definition) is 7. The summed E-state index contributed by atoms with van der Waals surface area (Å²) in [6.45, 7) is 11.9. The molecular weight excluding hydrogens is 460 g/mol. The van der Waals surface area contributed by atoms with Gasteiger partial charge in [0.2, 0.25) is 0 Å². The van der Waals surface area contributed by atoms with Crippen molar-refractivity contribution in [2.45, 2.75) is 66.3 Å². The first-order valence-corrected chi connectivity index (χ1v) is 11.6. The number of aliphatic hydroxyl groups is 1. The van der Waals surface area contributed by atoms with Gasteiger partial charge in [-0.1, -0.05) is 32.4 Å². The Balaban J connectivity index is 1.94. The molecule has 0 bridgehead atoms. The molecule has 0 fully saturated rings. The van der Waals surface area contributed by atoms with Crippen LogP contribution >= 0.6 is 11.6 Å². The van der Waals surface area contributed by atoms with E-state index in [1.54, 1.807) is 32.9 Å². The Morgan fingerprint density at radius 1 is 1.15 bits per heavy atom. The molecule has 186 valence electrons. The third kappa shape index (κ3) is 6.28. The number of carbonyl (C=O) groups is 2. The summed E-state index contributed by atoms with van der Waals surface area (Å²) in [6, 6.07) is 6.75. The molecule has 0 unspecified atom stereocenters. The van der Waals surface area contributed by atoms with E-state index in [9.17, 15) is 14.7 Å². The van der Waals surface area contributed by atoms with E-state index in [-0.39, 0.29) is 24.3 Å². The van der Waals surface area contributed by atoms with Crippen LogP contribution in [0.4, 0.5) is 4.79 Å². The molecule has 34 heavy (non-hydrogen) atoms. The van der Waals surface area contributed by atoms with Crippen molar-refractivity contribution in [1.82, 2.24) is 19.9 Å². The van der Waals surface area contributed by atoms with Gasteiger partial charge in [-0.2, -0.15) is 0 Å².